The molecule has 178 valence electrons. The molecule has 0 saturated carbocycles. The first-order chi connectivity index (χ1) is 14.7. The van der Waals surface area contributed by atoms with Crippen LogP contribution in [-0.2, 0) is 17.5 Å². The number of benzene rings is 1. The molecule has 33 heavy (non-hydrogen) atoms. The number of hydrogen-bond donors (Lipinski definition) is 0. The maximum Gasteiger partial charge on any atom is -1.00 e. The van der Waals surface area contributed by atoms with Gasteiger partial charge in [-0.1, -0.05) is 0 Å². The third-order valence-electron chi connectivity index (χ3n) is 9.07. The van der Waals surface area contributed by atoms with E-state index in [9.17, 15) is 0 Å². The van der Waals surface area contributed by atoms with E-state index in [1.165, 1.54) is 0 Å². The van der Waals surface area contributed by atoms with Crippen molar-refractivity contribution in [3.05, 3.63) is 60.5 Å². The van der Waals surface area contributed by atoms with Crippen LogP contribution in [0.1, 0.15) is 93.1 Å². The molecule has 0 spiro atoms. The molecule has 4 aliphatic rings. The van der Waals surface area contributed by atoms with E-state index in [2.05, 4.69) is 83.0 Å². The van der Waals surface area contributed by atoms with Crippen LogP contribution in [0.4, 0.5) is 0 Å². The second kappa shape index (κ2) is 10.0. The van der Waals surface area contributed by atoms with Crippen LogP contribution in [0, 0.1) is 5.92 Å². The Kier molecular flexibility index (Phi) is 8.46. The van der Waals surface area contributed by atoms with Gasteiger partial charge in [0.25, 0.3) is 0 Å². The smallest absolute Gasteiger partial charge is 1.00 e. The SMILES string of the molecule is CC1=CC(C)[C]([Zr+2]2([CH]3C(C)=Cc4c(C(C)C)cc(C(C)C)cc43)=[Si]3CC[Si]=2CC3)=C1C.[Cl-].[Cl-]. The fourth-order valence-electron chi connectivity index (χ4n) is 7.70. The van der Waals surface area contributed by atoms with Gasteiger partial charge in [0, 0.05) is 0 Å². The van der Waals surface area contributed by atoms with Gasteiger partial charge in [-0.2, -0.15) is 0 Å². The van der Waals surface area contributed by atoms with E-state index in [1.54, 1.807) is 57.6 Å². The summed E-state index contributed by atoms with van der Waals surface area (Å²) in [6.45, 7) is 19.6. The van der Waals surface area contributed by atoms with Crippen molar-refractivity contribution in [1.29, 1.82) is 0 Å². The Morgan fingerprint density at radius 3 is 1.91 bits per heavy atom. The molecule has 5 heteroatoms. The predicted octanol–water partition coefficient (Wildman–Crippen LogP) is 2.43. The summed E-state index contributed by atoms with van der Waals surface area (Å²) in [6.07, 6.45) is 5.32. The maximum atomic E-state index is 2.71. The van der Waals surface area contributed by atoms with Crippen LogP contribution in [0.3, 0.4) is 0 Å². The van der Waals surface area contributed by atoms with E-state index < -0.39 is 17.5 Å². The molecule has 1 aromatic carbocycles. The normalized spacial score (nSPS) is 23.0. The Morgan fingerprint density at radius 2 is 1.45 bits per heavy atom. The molecular weight excluding hydrogens is 555 g/mol. The van der Waals surface area contributed by atoms with Crippen molar-refractivity contribution in [2.24, 2.45) is 5.92 Å². The minimum atomic E-state index is -2.54. The van der Waals surface area contributed by atoms with E-state index in [1.807, 2.05) is 5.56 Å². The summed E-state index contributed by atoms with van der Waals surface area (Å²) in [4.78, 5) is 0. The molecule has 0 radical (unpaired) electrons. The third kappa shape index (κ3) is 3.99. The maximum absolute atomic E-state index is 2.71. The molecule has 0 saturated heterocycles. The number of fused-ring (bicyclic) bond motifs is 1. The minimum Gasteiger partial charge on any atom is -1.00 e. The molecule has 2 atom stereocenters. The fourth-order valence-corrected chi connectivity index (χ4v) is 90.2. The summed E-state index contributed by atoms with van der Waals surface area (Å²) >= 11 is -2.54. The van der Waals surface area contributed by atoms with Crippen LogP contribution in [0.2, 0.25) is 24.2 Å². The van der Waals surface area contributed by atoms with Crippen LogP contribution >= 0.6 is 0 Å². The summed E-state index contributed by atoms with van der Waals surface area (Å²) in [7, 11) is 0. The molecule has 1 aromatic rings. The second-order valence-corrected chi connectivity index (χ2v) is 45.3. The van der Waals surface area contributed by atoms with Crippen LogP contribution in [0.25, 0.3) is 6.08 Å². The second-order valence-electron chi connectivity index (χ2n) is 11.4. The third-order valence-corrected chi connectivity index (χ3v) is 66.8. The van der Waals surface area contributed by atoms with E-state index in [0.717, 1.165) is 9.54 Å². The van der Waals surface area contributed by atoms with Gasteiger partial charge in [-0.25, -0.2) is 0 Å². The quantitative estimate of drug-likeness (QED) is 0.470. The molecule has 2 bridgehead atoms. The van der Waals surface area contributed by atoms with Gasteiger partial charge in [0.15, 0.2) is 0 Å². The first kappa shape index (κ1) is 27.9. The van der Waals surface area contributed by atoms with E-state index in [-0.39, 0.29) is 35.7 Å². The number of halogens is 2. The first-order valence-corrected chi connectivity index (χ1v) is 26.5. The molecule has 2 aliphatic carbocycles. The van der Waals surface area contributed by atoms with Crippen molar-refractivity contribution in [3.8, 4) is 0 Å². The summed E-state index contributed by atoms with van der Waals surface area (Å²) in [6, 6.07) is 12.0. The first-order valence-electron chi connectivity index (χ1n) is 12.6. The van der Waals surface area contributed by atoms with Crippen molar-refractivity contribution >= 4 is 16.9 Å². The fraction of sp³-hybridized carbons (Fsp3) is 0.571. The average Bonchev–Trinajstić information content (AvgIpc) is 3.40. The summed E-state index contributed by atoms with van der Waals surface area (Å²) in [5, 5.41) is 0. The largest absolute Gasteiger partial charge is 1.00 e. The zero-order valence-corrected chi connectivity index (χ0v) is 27.7. The molecule has 2 aliphatic heterocycles. The Bertz CT molecular complexity index is 1180. The van der Waals surface area contributed by atoms with Crippen LogP contribution in [-0.4, -0.2) is 10.9 Å². The number of rotatable bonds is 4. The molecule has 2 heterocycles. The standard InChI is InChI=1S/C16H21.C8H11.C4H8Si2.2ClH.Zr/c1-10(2)13-8-14-6-12(5)7-16(14)15(9-13)11(3)4;1-6-4-7(2)8(3)5-6;1-2-6-4-3-5-1;;;/h6-11H,1-5H3;4,6H,1-3H3;1-4H2;2*1H;/q;;;;;+2/p-2. The van der Waals surface area contributed by atoms with Gasteiger partial charge in [0.05, 0.1) is 0 Å². The van der Waals surface area contributed by atoms with Crippen molar-refractivity contribution in [1.82, 2.24) is 0 Å². The molecular formula is C28H40Cl2Si2Zr. The van der Waals surface area contributed by atoms with Gasteiger partial charge >= 0.3 is 196 Å². The molecule has 5 rings (SSSR count). The van der Waals surface area contributed by atoms with Crippen molar-refractivity contribution in [2.75, 3.05) is 0 Å². The zero-order valence-electron chi connectivity index (χ0n) is 21.7. The van der Waals surface area contributed by atoms with E-state index >= 15 is 0 Å². The van der Waals surface area contributed by atoms with Gasteiger partial charge in [-0.15, -0.1) is 0 Å². The molecule has 0 nitrogen and oxygen atoms in total. The van der Waals surface area contributed by atoms with Gasteiger partial charge in [0.1, 0.15) is 0 Å². The van der Waals surface area contributed by atoms with Crippen molar-refractivity contribution in [3.63, 3.8) is 0 Å². The van der Waals surface area contributed by atoms with E-state index in [0.29, 0.717) is 11.8 Å². The predicted molar refractivity (Wildman–Crippen MR) is 137 cm³/mol. The Labute approximate surface area is 219 Å². The monoisotopic (exact) mass is 592 g/mol. The molecule has 0 fully saturated rings. The molecule has 0 amide bonds. The summed E-state index contributed by atoms with van der Waals surface area (Å²) in [5.74, 6) is 1.97. The van der Waals surface area contributed by atoms with E-state index in [4.69, 9.17) is 0 Å². The molecule has 0 N–H and O–H groups in total. The van der Waals surface area contributed by atoms with Gasteiger partial charge in [-0.3, -0.25) is 0 Å². The van der Waals surface area contributed by atoms with Crippen LogP contribution in [0.15, 0.2) is 38.2 Å². The Balaban J connectivity index is 0.00000153. The zero-order chi connectivity index (χ0) is 22.2. The average molecular weight is 595 g/mol. The van der Waals surface area contributed by atoms with Crippen LogP contribution < -0.4 is 24.8 Å². The molecule has 0 aromatic heterocycles. The number of allylic oxidation sites excluding steroid dienone is 5. The van der Waals surface area contributed by atoms with Crippen LogP contribution in [0.5, 0.6) is 0 Å². The summed E-state index contributed by atoms with van der Waals surface area (Å²) < 4.78 is 3.00. The van der Waals surface area contributed by atoms with Crippen molar-refractivity contribution in [2.45, 2.75) is 95.0 Å². The number of hydrogen-bond acceptors (Lipinski definition) is 0. The van der Waals surface area contributed by atoms with Gasteiger partial charge in [0.2, 0.25) is 0 Å². The summed E-state index contributed by atoms with van der Waals surface area (Å²) in [5.41, 5.74) is 11.6. The Hall–Kier alpha value is 0.337. The van der Waals surface area contributed by atoms with Gasteiger partial charge < -0.3 is 24.8 Å². The van der Waals surface area contributed by atoms with Gasteiger partial charge in [-0.05, 0) is 0 Å². The van der Waals surface area contributed by atoms with Crippen molar-refractivity contribution < 1.29 is 42.3 Å². The Morgan fingerprint density at radius 1 is 0.879 bits per heavy atom. The topological polar surface area (TPSA) is 0 Å². The minimum absolute atomic E-state index is 0. The molecule has 2 unspecified atom stereocenters.